The number of hydrogen-bond acceptors (Lipinski definition) is 2. The largest absolute Gasteiger partial charge is 0.380 e. The van der Waals surface area contributed by atoms with E-state index in [0.29, 0.717) is 20.9 Å². The van der Waals surface area contributed by atoms with Gasteiger partial charge >= 0.3 is 17.8 Å². The summed E-state index contributed by atoms with van der Waals surface area (Å²) in [5.74, 6) is -15.5. The van der Waals surface area contributed by atoms with Crippen molar-refractivity contribution in [1.82, 2.24) is 0 Å². The molecule has 2 atom stereocenters. The summed E-state index contributed by atoms with van der Waals surface area (Å²) in [6.45, 7) is 3.42. The average molecular weight is 468 g/mol. The zero-order valence-electron chi connectivity index (χ0n) is 16.2. The maximum atomic E-state index is 15.3. The summed E-state index contributed by atoms with van der Waals surface area (Å²) in [4.78, 5) is 1.25. The SMILES string of the molecule is C[C@]12Sc3ccccc3C1=C1C(=C3c4ccccc4S[C@]32C)C(F)(F)C(F)(F)C1(F)F. The molecule has 0 amide bonds. The molecule has 0 bridgehead atoms. The van der Waals surface area contributed by atoms with E-state index < -0.39 is 38.4 Å². The Morgan fingerprint density at radius 3 is 1.29 bits per heavy atom. The van der Waals surface area contributed by atoms with Crippen molar-refractivity contribution in [1.29, 1.82) is 0 Å². The van der Waals surface area contributed by atoms with Crippen LogP contribution in [0.1, 0.15) is 25.0 Å². The van der Waals surface area contributed by atoms with Crippen molar-refractivity contribution in [2.24, 2.45) is 0 Å². The Hall–Kier alpha value is -1.80. The standard InChI is InChI=1S/C23H14F6S2/c1-19-15(11-7-3-5-9-13(11)30-19)17-18(22(26,27)23(28,29)21(17,24)25)16-12-8-4-6-10-14(12)31-20(16,19)2/h3-10H,1-2H3/t19-,20+. The minimum atomic E-state index is -5.53. The van der Waals surface area contributed by atoms with E-state index in [1.165, 1.54) is 23.5 Å². The Labute approximate surface area is 182 Å². The van der Waals surface area contributed by atoms with E-state index in [4.69, 9.17) is 0 Å². The second kappa shape index (κ2) is 5.39. The average Bonchev–Trinajstić information content (AvgIpc) is 3.21. The van der Waals surface area contributed by atoms with Gasteiger partial charge in [-0.25, -0.2) is 0 Å². The van der Waals surface area contributed by atoms with Crippen molar-refractivity contribution >= 4 is 34.7 Å². The van der Waals surface area contributed by atoms with Crippen LogP contribution in [0.2, 0.25) is 0 Å². The van der Waals surface area contributed by atoms with Crippen LogP contribution in [-0.4, -0.2) is 27.3 Å². The highest BCUT2D eigenvalue weighted by molar-refractivity contribution is 8.06. The molecular weight excluding hydrogens is 454 g/mol. The Morgan fingerprint density at radius 2 is 0.903 bits per heavy atom. The first-order chi connectivity index (χ1) is 14.4. The summed E-state index contributed by atoms with van der Waals surface area (Å²) in [6, 6.07) is 13.2. The van der Waals surface area contributed by atoms with E-state index in [0.717, 1.165) is 0 Å². The van der Waals surface area contributed by atoms with Crippen molar-refractivity contribution in [3.8, 4) is 0 Å². The quantitative estimate of drug-likeness (QED) is 0.366. The highest BCUT2D eigenvalue weighted by Gasteiger charge is 2.84. The Bertz CT molecular complexity index is 1160. The summed E-state index contributed by atoms with van der Waals surface area (Å²) in [5.41, 5.74) is -1.95. The molecule has 1 saturated carbocycles. The van der Waals surface area contributed by atoms with Crippen molar-refractivity contribution in [3.05, 3.63) is 70.8 Å². The highest BCUT2D eigenvalue weighted by atomic mass is 32.2. The second-order valence-electron chi connectivity index (χ2n) is 8.49. The van der Waals surface area contributed by atoms with Gasteiger partial charge in [0.25, 0.3) is 0 Å². The van der Waals surface area contributed by atoms with Crippen LogP contribution in [0.25, 0.3) is 11.1 Å². The lowest BCUT2D eigenvalue weighted by Crippen LogP contribution is -2.47. The third-order valence-electron chi connectivity index (χ3n) is 6.97. The van der Waals surface area contributed by atoms with E-state index in [-0.39, 0.29) is 11.1 Å². The topological polar surface area (TPSA) is 0 Å². The maximum absolute atomic E-state index is 15.3. The molecule has 1 fully saturated rings. The van der Waals surface area contributed by atoms with Gasteiger partial charge in [-0.1, -0.05) is 36.4 Å². The first kappa shape index (κ1) is 19.9. The molecule has 0 unspecified atom stereocenters. The van der Waals surface area contributed by atoms with Gasteiger partial charge in [0.05, 0.1) is 9.49 Å². The molecule has 2 aromatic carbocycles. The molecule has 2 aromatic rings. The van der Waals surface area contributed by atoms with Gasteiger partial charge < -0.3 is 0 Å². The highest BCUT2D eigenvalue weighted by Crippen LogP contribution is 2.77. The molecule has 2 aliphatic heterocycles. The summed E-state index contributed by atoms with van der Waals surface area (Å²) in [7, 11) is 0. The number of thioether (sulfide) groups is 2. The summed E-state index contributed by atoms with van der Waals surface area (Å²) < 4.78 is 88.3. The van der Waals surface area contributed by atoms with E-state index >= 15 is 17.6 Å². The smallest absolute Gasteiger partial charge is 0.194 e. The Kier molecular flexibility index (Phi) is 3.45. The first-order valence-electron chi connectivity index (χ1n) is 9.61. The fourth-order valence-corrected chi connectivity index (χ4v) is 8.59. The molecule has 0 aromatic heterocycles. The molecule has 160 valence electrons. The maximum Gasteiger partial charge on any atom is 0.380 e. The lowest BCUT2D eigenvalue weighted by atomic mass is 9.68. The summed E-state index contributed by atoms with van der Waals surface area (Å²) in [5, 5.41) is 0. The van der Waals surface area contributed by atoms with Crippen molar-refractivity contribution in [2.45, 2.75) is 50.9 Å². The molecule has 0 spiro atoms. The molecule has 8 heteroatoms. The van der Waals surface area contributed by atoms with Gasteiger partial charge in [0.1, 0.15) is 0 Å². The predicted octanol–water partition coefficient (Wildman–Crippen LogP) is 7.56. The molecule has 2 aliphatic carbocycles. The zero-order chi connectivity index (χ0) is 22.2. The van der Waals surface area contributed by atoms with Crippen molar-refractivity contribution in [3.63, 3.8) is 0 Å². The minimum Gasteiger partial charge on any atom is -0.194 e. The molecule has 6 rings (SSSR count). The third kappa shape index (κ3) is 1.89. The predicted molar refractivity (Wildman–Crippen MR) is 110 cm³/mol. The van der Waals surface area contributed by atoms with Crippen LogP contribution in [0.15, 0.2) is 69.5 Å². The number of rotatable bonds is 0. The van der Waals surface area contributed by atoms with Crippen LogP contribution < -0.4 is 0 Å². The van der Waals surface area contributed by atoms with E-state index in [2.05, 4.69) is 0 Å². The number of alkyl halides is 6. The minimum absolute atomic E-state index is 0.100. The molecule has 0 saturated heterocycles. The fraction of sp³-hybridized carbons (Fsp3) is 0.304. The van der Waals surface area contributed by atoms with Crippen molar-refractivity contribution < 1.29 is 26.3 Å². The lowest BCUT2D eigenvalue weighted by molar-refractivity contribution is -0.257. The molecule has 31 heavy (non-hydrogen) atoms. The number of hydrogen-bond donors (Lipinski definition) is 0. The second-order valence-corrected chi connectivity index (χ2v) is 11.4. The van der Waals surface area contributed by atoms with Crippen molar-refractivity contribution in [2.75, 3.05) is 0 Å². The fourth-order valence-electron chi connectivity index (χ4n) is 5.39. The van der Waals surface area contributed by atoms with Crippen LogP contribution in [0.3, 0.4) is 0 Å². The number of allylic oxidation sites excluding steroid dienone is 2. The van der Waals surface area contributed by atoms with Crippen LogP contribution in [-0.2, 0) is 0 Å². The number of halogens is 6. The Morgan fingerprint density at radius 1 is 0.548 bits per heavy atom. The van der Waals surface area contributed by atoms with Gasteiger partial charge in [-0.15, -0.1) is 23.5 Å². The third-order valence-corrected chi connectivity index (χ3v) is 10.3. The summed E-state index contributed by atoms with van der Waals surface area (Å²) in [6.07, 6.45) is 0. The normalized spacial score (nSPS) is 33.0. The van der Waals surface area contributed by atoms with E-state index in [9.17, 15) is 8.78 Å². The molecule has 0 N–H and O–H groups in total. The Balaban J connectivity index is 1.86. The van der Waals surface area contributed by atoms with Gasteiger partial charge in [-0.2, -0.15) is 26.3 Å². The van der Waals surface area contributed by atoms with Crippen LogP contribution in [0.5, 0.6) is 0 Å². The van der Waals surface area contributed by atoms with E-state index in [1.807, 2.05) is 0 Å². The molecule has 2 heterocycles. The molecular formula is C23H14F6S2. The summed E-state index contributed by atoms with van der Waals surface area (Å²) >= 11 is 2.56. The monoisotopic (exact) mass is 468 g/mol. The lowest BCUT2D eigenvalue weighted by Gasteiger charge is -2.47. The molecule has 0 nitrogen and oxygen atoms in total. The molecule has 4 aliphatic rings. The zero-order valence-corrected chi connectivity index (χ0v) is 17.8. The van der Waals surface area contributed by atoms with E-state index in [1.54, 1.807) is 62.4 Å². The number of benzene rings is 2. The van der Waals surface area contributed by atoms with Gasteiger partial charge in [0.15, 0.2) is 0 Å². The van der Waals surface area contributed by atoms with Gasteiger partial charge in [-0.05, 0) is 48.3 Å². The first-order valence-corrected chi connectivity index (χ1v) is 11.2. The van der Waals surface area contributed by atoms with Crippen LogP contribution in [0.4, 0.5) is 26.3 Å². The number of fused-ring (bicyclic) bond motifs is 8. The van der Waals surface area contributed by atoms with Crippen LogP contribution >= 0.6 is 23.5 Å². The van der Waals surface area contributed by atoms with Gasteiger partial charge in [-0.3, -0.25) is 0 Å². The van der Waals surface area contributed by atoms with Crippen LogP contribution in [0, 0.1) is 0 Å². The van der Waals surface area contributed by atoms with Gasteiger partial charge in [0, 0.05) is 20.9 Å². The molecule has 0 radical (unpaired) electrons. The van der Waals surface area contributed by atoms with Gasteiger partial charge in [0.2, 0.25) is 0 Å².